The fourth-order valence-electron chi connectivity index (χ4n) is 1.18. The summed E-state index contributed by atoms with van der Waals surface area (Å²) < 4.78 is 11.2. The zero-order chi connectivity index (χ0) is 13.1. The molecule has 0 aliphatic carbocycles. The maximum absolute atomic E-state index is 9.57. The van der Waals surface area contributed by atoms with Crippen LogP contribution >= 0.6 is 15.9 Å². The van der Waals surface area contributed by atoms with E-state index in [1.807, 2.05) is 0 Å². The standard InChI is InChI=1S/C13H15BrO3/c1-13(2,15)6-5-9-7-12(17-4)10(14)8-11(9)16-3/h7-8,15H,1-4H3. The van der Waals surface area contributed by atoms with Crippen molar-refractivity contribution in [2.75, 3.05) is 14.2 Å². The van der Waals surface area contributed by atoms with Crippen molar-refractivity contribution >= 4 is 15.9 Å². The number of methoxy groups -OCH3 is 2. The summed E-state index contributed by atoms with van der Waals surface area (Å²) in [6.07, 6.45) is 0. The molecule has 1 rings (SSSR count). The molecule has 0 fully saturated rings. The van der Waals surface area contributed by atoms with Crippen LogP contribution in [-0.2, 0) is 0 Å². The Morgan fingerprint density at radius 1 is 1.18 bits per heavy atom. The molecule has 0 amide bonds. The minimum atomic E-state index is -1.04. The molecule has 4 heteroatoms. The van der Waals surface area contributed by atoms with E-state index in [4.69, 9.17) is 9.47 Å². The third-order valence-corrected chi connectivity index (χ3v) is 2.60. The van der Waals surface area contributed by atoms with Crippen LogP contribution < -0.4 is 9.47 Å². The molecule has 0 aromatic heterocycles. The van der Waals surface area contributed by atoms with Gasteiger partial charge in [0.1, 0.15) is 17.1 Å². The zero-order valence-corrected chi connectivity index (χ0v) is 11.9. The van der Waals surface area contributed by atoms with Gasteiger partial charge in [-0.2, -0.15) is 0 Å². The van der Waals surface area contributed by atoms with Gasteiger partial charge in [0.2, 0.25) is 0 Å². The predicted molar refractivity (Wildman–Crippen MR) is 70.4 cm³/mol. The Morgan fingerprint density at radius 2 is 1.76 bits per heavy atom. The number of rotatable bonds is 2. The molecule has 0 saturated heterocycles. The van der Waals surface area contributed by atoms with Crippen molar-refractivity contribution in [3.8, 4) is 23.3 Å². The van der Waals surface area contributed by atoms with Crippen LogP contribution in [0.3, 0.4) is 0 Å². The monoisotopic (exact) mass is 298 g/mol. The Kier molecular flexibility index (Phi) is 4.44. The number of hydrogen-bond acceptors (Lipinski definition) is 3. The van der Waals surface area contributed by atoms with Gasteiger partial charge < -0.3 is 14.6 Å². The Labute approximate surface area is 110 Å². The van der Waals surface area contributed by atoms with E-state index in [1.165, 1.54) is 0 Å². The van der Waals surface area contributed by atoms with Crippen molar-refractivity contribution in [1.82, 2.24) is 0 Å². The first-order chi connectivity index (χ1) is 7.87. The normalized spacial score (nSPS) is 10.5. The SMILES string of the molecule is COc1cc(C#CC(C)(C)O)c(OC)cc1Br. The van der Waals surface area contributed by atoms with Gasteiger partial charge in [0.25, 0.3) is 0 Å². The van der Waals surface area contributed by atoms with E-state index in [-0.39, 0.29) is 0 Å². The minimum Gasteiger partial charge on any atom is -0.496 e. The minimum absolute atomic E-state index is 0.634. The summed E-state index contributed by atoms with van der Waals surface area (Å²) in [6, 6.07) is 3.55. The van der Waals surface area contributed by atoms with Gasteiger partial charge in [-0.15, -0.1) is 0 Å². The highest BCUT2D eigenvalue weighted by molar-refractivity contribution is 9.10. The maximum atomic E-state index is 9.57. The van der Waals surface area contributed by atoms with Crippen LogP contribution in [-0.4, -0.2) is 24.9 Å². The van der Waals surface area contributed by atoms with Crippen molar-refractivity contribution in [2.24, 2.45) is 0 Å². The fourth-order valence-corrected chi connectivity index (χ4v) is 1.66. The van der Waals surface area contributed by atoms with E-state index in [2.05, 4.69) is 27.8 Å². The summed E-state index contributed by atoms with van der Waals surface area (Å²) in [5.74, 6) is 6.92. The first kappa shape index (κ1) is 13.9. The summed E-state index contributed by atoms with van der Waals surface area (Å²) in [4.78, 5) is 0. The fraction of sp³-hybridized carbons (Fsp3) is 0.385. The van der Waals surface area contributed by atoms with E-state index in [0.29, 0.717) is 17.1 Å². The van der Waals surface area contributed by atoms with Gasteiger partial charge in [-0.05, 0) is 35.8 Å². The van der Waals surface area contributed by atoms with Crippen LogP contribution in [0, 0.1) is 11.8 Å². The molecule has 0 spiro atoms. The molecule has 0 aliphatic rings. The number of halogens is 1. The van der Waals surface area contributed by atoms with Crippen LogP contribution in [0.5, 0.6) is 11.5 Å². The zero-order valence-electron chi connectivity index (χ0n) is 10.3. The molecule has 0 aliphatic heterocycles. The molecule has 0 atom stereocenters. The largest absolute Gasteiger partial charge is 0.496 e. The van der Waals surface area contributed by atoms with Gasteiger partial charge in [-0.1, -0.05) is 11.8 Å². The molecular weight excluding hydrogens is 284 g/mol. The van der Waals surface area contributed by atoms with Gasteiger partial charge >= 0.3 is 0 Å². The second-order valence-electron chi connectivity index (χ2n) is 4.00. The van der Waals surface area contributed by atoms with Crippen molar-refractivity contribution in [2.45, 2.75) is 19.4 Å². The lowest BCUT2D eigenvalue weighted by atomic mass is 10.1. The van der Waals surface area contributed by atoms with Crippen molar-refractivity contribution in [1.29, 1.82) is 0 Å². The van der Waals surface area contributed by atoms with E-state index in [0.717, 1.165) is 4.47 Å². The average Bonchev–Trinajstić information content (AvgIpc) is 2.25. The Morgan fingerprint density at radius 3 is 2.24 bits per heavy atom. The smallest absolute Gasteiger partial charge is 0.135 e. The molecule has 0 saturated carbocycles. The summed E-state index contributed by atoms with van der Waals surface area (Å²) in [6.45, 7) is 3.26. The molecule has 0 heterocycles. The van der Waals surface area contributed by atoms with Crippen LogP contribution in [0.4, 0.5) is 0 Å². The van der Waals surface area contributed by atoms with Gasteiger partial charge in [0.15, 0.2) is 0 Å². The van der Waals surface area contributed by atoms with Crippen LogP contribution in [0.15, 0.2) is 16.6 Å². The van der Waals surface area contributed by atoms with Crippen molar-refractivity contribution in [3.05, 3.63) is 22.2 Å². The van der Waals surface area contributed by atoms with Crippen LogP contribution in [0.25, 0.3) is 0 Å². The van der Waals surface area contributed by atoms with Gasteiger partial charge in [0, 0.05) is 6.07 Å². The lowest BCUT2D eigenvalue weighted by molar-refractivity contribution is 0.143. The Hall–Kier alpha value is -1.18. The summed E-state index contributed by atoms with van der Waals surface area (Å²) in [5, 5.41) is 9.57. The molecular formula is C13H15BrO3. The van der Waals surface area contributed by atoms with Crippen molar-refractivity contribution in [3.63, 3.8) is 0 Å². The molecule has 1 aromatic carbocycles. The summed E-state index contributed by atoms with van der Waals surface area (Å²) in [7, 11) is 3.16. The topological polar surface area (TPSA) is 38.7 Å². The first-order valence-corrected chi connectivity index (χ1v) is 5.84. The lowest BCUT2D eigenvalue weighted by Crippen LogP contribution is -2.14. The summed E-state index contributed by atoms with van der Waals surface area (Å²) >= 11 is 3.37. The summed E-state index contributed by atoms with van der Waals surface area (Å²) in [5.41, 5.74) is -0.361. The Bertz CT molecular complexity index is 464. The lowest BCUT2D eigenvalue weighted by Gasteiger charge is -2.10. The molecule has 92 valence electrons. The Balaban J connectivity index is 3.25. The molecule has 0 radical (unpaired) electrons. The quantitative estimate of drug-likeness (QED) is 0.853. The number of hydrogen-bond donors (Lipinski definition) is 1. The maximum Gasteiger partial charge on any atom is 0.135 e. The predicted octanol–water partition coefficient (Wildman–Crippen LogP) is 2.59. The highest BCUT2D eigenvalue weighted by Crippen LogP contribution is 2.32. The highest BCUT2D eigenvalue weighted by Gasteiger charge is 2.10. The van der Waals surface area contributed by atoms with Crippen LogP contribution in [0.2, 0.25) is 0 Å². The molecule has 0 bridgehead atoms. The first-order valence-electron chi connectivity index (χ1n) is 5.04. The molecule has 17 heavy (non-hydrogen) atoms. The third-order valence-electron chi connectivity index (χ3n) is 1.98. The van der Waals surface area contributed by atoms with Crippen molar-refractivity contribution < 1.29 is 14.6 Å². The second kappa shape index (κ2) is 5.44. The molecule has 1 aromatic rings. The number of aliphatic hydroxyl groups is 1. The van der Waals surface area contributed by atoms with Gasteiger partial charge in [0.05, 0.1) is 24.3 Å². The van der Waals surface area contributed by atoms with E-state index >= 15 is 0 Å². The number of benzene rings is 1. The van der Waals surface area contributed by atoms with Gasteiger partial charge in [-0.3, -0.25) is 0 Å². The van der Waals surface area contributed by atoms with Crippen LogP contribution in [0.1, 0.15) is 19.4 Å². The number of ether oxygens (including phenoxy) is 2. The van der Waals surface area contributed by atoms with E-state index < -0.39 is 5.60 Å². The molecule has 3 nitrogen and oxygen atoms in total. The van der Waals surface area contributed by atoms with E-state index in [9.17, 15) is 5.11 Å². The van der Waals surface area contributed by atoms with Gasteiger partial charge in [-0.25, -0.2) is 0 Å². The average molecular weight is 299 g/mol. The second-order valence-corrected chi connectivity index (χ2v) is 4.85. The molecule has 1 N–H and O–H groups in total. The van der Waals surface area contributed by atoms with E-state index in [1.54, 1.807) is 40.2 Å². The molecule has 0 unspecified atom stereocenters. The third kappa shape index (κ3) is 3.95. The highest BCUT2D eigenvalue weighted by atomic mass is 79.9.